The minimum absolute atomic E-state index is 0. The molecule has 4 nitrogen and oxygen atoms in total. The normalized spacial score (nSPS) is 11.3. The molecule has 2 rings (SSSR count). The van der Waals surface area contributed by atoms with Crippen LogP contribution in [0, 0.1) is 0 Å². The van der Waals surface area contributed by atoms with E-state index in [1.807, 2.05) is 54.6 Å². The van der Waals surface area contributed by atoms with Crippen molar-refractivity contribution in [3.8, 4) is 5.75 Å². The molecule has 2 aromatic carbocycles. The number of carbonyl (C=O) groups excluding carboxylic acids is 1. The fourth-order valence-corrected chi connectivity index (χ4v) is 2.36. The summed E-state index contributed by atoms with van der Waals surface area (Å²) in [6.45, 7) is 0.512. The summed E-state index contributed by atoms with van der Waals surface area (Å²) in [6, 6.07) is 17.0. The topological polar surface area (TPSA) is 55.6 Å². The van der Waals surface area contributed by atoms with E-state index in [0.717, 1.165) is 16.9 Å². The lowest BCUT2D eigenvalue weighted by Gasteiger charge is -2.21. The summed E-state index contributed by atoms with van der Waals surface area (Å²) < 4.78 is 5.20. The molecule has 2 N–H and O–H groups in total. The number of carbonyl (C=O) groups is 1. The van der Waals surface area contributed by atoms with Crippen LogP contribution in [0.1, 0.15) is 11.1 Å². The minimum Gasteiger partial charge on any atom is -0.497 e. The molecule has 1 amide bonds. The van der Waals surface area contributed by atoms with Crippen molar-refractivity contribution in [1.82, 2.24) is 4.90 Å². The standard InChI is InChI=1S/C18H22N2O2.ClH/c1-20(13-15-9-6-10-16(11-15)22-2)18(21)17(19)12-14-7-4-3-5-8-14;/h3-11,17H,12-13,19H2,1-2H3;1H. The molecule has 0 saturated carbocycles. The van der Waals surface area contributed by atoms with Gasteiger partial charge in [-0.1, -0.05) is 42.5 Å². The van der Waals surface area contributed by atoms with Crippen LogP contribution in [-0.4, -0.2) is 31.0 Å². The third kappa shape index (κ3) is 5.58. The van der Waals surface area contributed by atoms with Crippen molar-refractivity contribution < 1.29 is 9.53 Å². The second-order valence-electron chi connectivity index (χ2n) is 5.34. The highest BCUT2D eigenvalue weighted by Gasteiger charge is 2.18. The molecule has 1 unspecified atom stereocenters. The van der Waals surface area contributed by atoms with Crippen molar-refractivity contribution in [3.63, 3.8) is 0 Å². The zero-order valence-electron chi connectivity index (χ0n) is 13.4. The summed E-state index contributed by atoms with van der Waals surface area (Å²) in [6.07, 6.45) is 0.544. The Morgan fingerprint density at radius 2 is 1.78 bits per heavy atom. The van der Waals surface area contributed by atoms with Crippen molar-refractivity contribution >= 4 is 18.3 Å². The number of likely N-dealkylation sites (N-methyl/N-ethyl adjacent to an activating group) is 1. The Bertz CT molecular complexity index is 619. The van der Waals surface area contributed by atoms with E-state index in [9.17, 15) is 4.79 Å². The van der Waals surface area contributed by atoms with Gasteiger partial charge >= 0.3 is 0 Å². The first-order valence-corrected chi connectivity index (χ1v) is 7.27. The first-order chi connectivity index (χ1) is 10.6. The molecule has 0 aliphatic rings. The maximum Gasteiger partial charge on any atom is 0.239 e. The van der Waals surface area contributed by atoms with Crippen molar-refractivity contribution in [3.05, 3.63) is 65.7 Å². The molecule has 0 aliphatic heterocycles. The summed E-state index contributed by atoms with van der Waals surface area (Å²) >= 11 is 0. The number of benzene rings is 2. The van der Waals surface area contributed by atoms with Gasteiger partial charge in [0.2, 0.25) is 5.91 Å². The number of halogens is 1. The van der Waals surface area contributed by atoms with Crippen LogP contribution in [0.2, 0.25) is 0 Å². The van der Waals surface area contributed by atoms with E-state index in [1.165, 1.54) is 0 Å². The highest BCUT2D eigenvalue weighted by Crippen LogP contribution is 2.14. The predicted octanol–water partition coefficient (Wildman–Crippen LogP) is 2.65. The van der Waals surface area contributed by atoms with Gasteiger partial charge in [0.15, 0.2) is 0 Å². The molecule has 0 saturated heterocycles. The van der Waals surface area contributed by atoms with Crippen LogP contribution < -0.4 is 10.5 Å². The molecule has 0 aliphatic carbocycles. The minimum atomic E-state index is -0.530. The molecule has 0 spiro atoms. The van der Waals surface area contributed by atoms with Crippen molar-refractivity contribution in [1.29, 1.82) is 0 Å². The van der Waals surface area contributed by atoms with Gasteiger partial charge in [0.25, 0.3) is 0 Å². The molecule has 0 bridgehead atoms. The van der Waals surface area contributed by atoms with Crippen LogP contribution in [0.4, 0.5) is 0 Å². The summed E-state index contributed by atoms with van der Waals surface area (Å²) in [4.78, 5) is 14.0. The number of ether oxygens (including phenoxy) is 1. The molecule has 0 heterocycles. The molecule has 5 heteroatoms. The fourth-order valence-electron chi connectivity index (χ4n) is 2.36. The Morgan fingerprint density at radius 1 is 1.13 bits per heavy atom. The number of hydrogen-bond acceptors (Lipinski definition) is 3. The third-order valence-corrected chi connectivity index (χ3v) is 3.55. The van der Waals surface area contributed by atoms with Crippen molar-refractivity contribution in [2.45, 2.75) is 19.0 Å². The maximum absolute atomic E-state index is 12.4. The Morgan fingerprint density at radius 3 is 2.43 bits per heavy atom. The lowest BCUT2D eigenvalue weighted by molar-refractivity contribution is -0.131. The lowest BCUT2D eigenvalue weighted by atomic mass is 10.1. The summed E-state index contributed by atoms with van der Waals surface area (Å²) in [7, 11) is 3.40. The first-order valence-electron chi connectivity index (χ1n) is 7.27. The number of methoxy groups -OCH3 is 1. The molecule has 23 heavy (non-hydrogen) atoms. The summed E-state index contributed by atoms with van der Waals surface area (Å²) in [5.74, 6) is 0.721. The van der Waals surface area contributed by atoms with Gasteiger partial charge in [-0.05, 0) is 29.7 Å². The molecule has 0 fully saturated rings. The SMILES string of the molecule is COc1cccc(CN(C)C(=O)C(N)Cc2ccccc2)c1.Cl. The Balaban J connectivity index is 0.00000264. The predicted molar refractivity (Wildman–Crippen MR) is 94.8 cm³/mol. The highest BCUT2D eigenvalue weighted by molar-refractivity contribution is 5.85. The molecule has 1 atom stereocenters. The van der Waals surface area contributed by atoms with Crippen molar-refractivity contribution in [2.75, 3.05) is 14.2 Å². The van der Waals surface area contributed by atoms with E-state index in [2.05, 4.69) is 0 Å². The van der Waals surface area contributed by atoms with Gasteiger partial charge in [0, 0.05) is 13.6 Å². The van der Waals surface area contributed by atoms with Crippen LogP contribution in [0.15, 0.2) is 54.6 Å². The smallest absolute Gasteiger partial charge is 0.239 e. The number of rotatable bonds is 6. The third-order valence-electron chi connectivity index (χ3n) is 3.55. The van der Waals surface area contributed by atoms with Crippen molar-refractivity contribution in [2.24, 2.45) is 5.73 Å². The average Bonchev–Trinajstić information content (AvgIpc) is 2.55. The molecule has 124 valence electrons. The zero-order valence-corrected chi connectivity index (χ0v) is 14.3. The second-order valence-corrected chi connectivity index (χ2v) is 5.34. The molecule has 0 radical (unpaired) electrons. The number of amides is 1. The highest BCUT2D eigenvalue weighted by atomic mass is 35.5. The quantitative estimate of drug-likeness (QED) is 0.883. The number of nitrogens with two attached hydrogens (primary N) is 1. The average molecular weight is 335 g/mol. The van der Waals surface area contributed by atoms with Gasteiger partial charge in [-0.2, -0.15) is 0 Å². The van der Waals surface area contributed by atoms with Gasteiger partial charge < -0.3 is 15.4 Å². The zero-order chi connectivity index (χ0) is 15.9. The monoisotopic (exact) mass is 334 g/mol. The van der Waals surface area contributed by atoms with Crippen LogP contribution in [0.3, 0.4) is 0 Å². The number of nitrogens with zero attached hydrogens (tertiary/aromatic N) is 1. The molecule has 2 aromatic rings. The van der Waals surface area contributed by atoms with E-state index in [1.54, 1.807) is 19.1 Å². The Labute approximate surface area is 143 Å². The van der Waals surface area contributed by atoms with Gasteiger partial charge in [-0.15, -0.1) is 12.4 Å². The number of hydrogen-bond donors (Lipinski definition) is 1. The van der Waals surface area contributed by atoms with Crippen LogP contribution in [-0.2, 0) is 17.8 Å². The van der Waals surface area contributed by atoms with E-state index in [0.29, 0.717) is 13.0 Å². The Kier molecular flexibility index (Phi) is 7.59. The van der Waals surface area contributed by atoms with Crippen LogP contribution >= 0.6 is 12.4 Å². The van der Waals surface area contributed by atoms with E-state index >= 15 is 0 Å². The van der Waals surface area contributed by atoms with E-state index in [-0.39, 0.29) is 18.3 Å². The van der Waals surface area contributed by atoms with Gasteiger partial charge in [0.1, 0.15) is 5.75 Å². The van der Waals surface area contributed by atoms with Gasteiger partial charge in [-0.3, -0.25) is 4.79 Å². The van der Waals surface area contributed by atoms with Crippen LogP contribution in [0.25, 0.3) is 0 Å². The fraction of sp³-hybridized carbons (Fsp3) is 0.278. The summed E-state index contributed by atoms with van der Waals surface area (Å²) in [5, 5.41) is 0. The molecular weight excluding hydrogens is 312 g/mol. The second kappa shape index (κ2) is 9.18. The summed E-state index contributed by atoms with van der Waals surface area (Å²) in [5.41, 5.74) is 8.13. The Hall–Kier alpha value is -2.04. The van der Waals surface area contributed by atoms with Gasteiger partial charge in [0.05, 0.1) is 13.2 Å². The maximum atomic E-state index is 12.4. The van der Waals surface area contributed by atoms with Gasteiger partial charge in [-0.25, -0.2) is 0 Å². The molecular formula is C18H23ClN2O2. The molecule has 0 aromatic heterocycles. The first kappa shape index (κ1) is 19.0. The lowest BCUT2D eigenvalue weighted by Crippen LogP contribution is -2.42. The largest absolute Gasteiger partial charge is 0.497 e. The van der Waals surface area contributed by atoms with Crippen LogP contribution in [0.5, 0.6) is 5.75 Å². The van der Waals surface area contributed by atoms with E-state index < -0.39 is 6.04 Å². The van der Waals surface area contributed by atoms with E-state index in [4.69, 9.17) is 10.5 Å².